The number of hydrogen-bond acceptors (Lipinski definition) is 3. The third-order valence-corrected chi connectivity index (χ3v) is 4.73. The predicted octanol–water partition coefficient (Wildman–Crippen LogP) is 2.29. The summed E-state index contributed by atoms with van der Waals surface area (Å²) in [5.41, 5.74) is 0.385. The lowest BCUT2D eigenvalue weighted by molar-refractivity contribution is -0.122. The first kappa shape index (κ1) is 16.4. The van der Waals surface area contributed by atoms with Gasteiger partial charge in [-0.15, -0.1) is 0 Å². The van der Waals surface area contributed by atoms with Crippen LogP contribution in [-0.2, 0) is 14.8 Å². The number of halogens is 2. The van der Waals surface area contributed by atoms with Gasteiger partial charge in [-0.2, -0.15) is 0 Å². The van der Waals surface area contributed by atoms with Crippen LogP contribution in [0.15, 0.2) is 18.2 Å². The molecule has 0 unspecified atom stereocenters. The quantitative estimate of drug-likeness (QED) is 0.855. The molecule has 1 aliphatic carbocycles. The lowest BCUT2D eigenvalue weighted by atomic mass is 10.3. The van der Waals surface area contributed by atoms with Crippen LogP contribution in [0.25, 0.3) is 0 Å². The number of nitrogens with one attached hydrogen (secondary N) is 1. The van der Waals surface area contributed by atoms with Crippen LogP contribution in [-0.4, -0.2) is 33.7 Å². The van der Waals surface area contributed by atoms with Gasteiger partial charge in [0.25, 0.3) is 0 Å². The van der Waals surface area contributed by atoms with Crippen molar-refractivity contribution in [3.8, 4) is 0 Å². The Balaban J connectivity index is 2.09. The zero-order chi connectivity index (χ0) is 15.6. The van der Waals surface area contributed by atoms with E-state index in [1.54, 1.807) is 0 Å². The van der Waals surface area contributed by atoms with Gasteiger partial charge in [-0.25, -0.2) is 8.42 Å². The van der Waals surface area contributed by atoms with E-state index in [4.69, 9.17) is 23.2 Å². The Morgan fingerprint density at radius 3 is 2.33 bits per heavy atom. The lowest BCUT2D eigenvalue weighted by Gasteiger charge is -2.23. The maximum atomic E-state index is 11.9. The Hall–Kier alpha value is -0.980. The molecular formula is C13H16Cl2N2O3S. The third kappa shape index (κ3) is 4.76. The highest BCUT2D eigenvalue weighted by molar-refractivity contribution is 7.92. The van der Waals surface area contributed by atoms with Gasteiger partial charge in [0.2, 0.25) is 15.9 Å². The first-order valence-electron chi connectivity index (χ1n) is 6.49. The zero-order valence-electron chi connectivity index (χ0n) is 11.5. The van der Waals surface area contributed by atoms with Gasteiger partial charge in [0.05, 0.1) is 18.5 Å². The van der Waals surface area contributed by atoms with Crippen LogP contribution >= 0.6 is 23.2 Å². The van der Waals surface area contributed by atoms with Crippen molar-refractivity contribution in [1.82, 2.24) is 5.32 Å². The summed E-state index contributed by atoms with van der Waals surface area (Å²) in [6.07, 6.45) is 2.92. The molecule has 1 saturated carbocycles. The second-order valence-electron chi connectivity index (χ2n) is 5.03. The molecule has 0 saturated heterocycles. The van der Waals surface area contributed by atoms with Gasteiger partial charge >= 0.3 is 0 Å². The number of hydrogen-bond donors (Lipinski definition) is 1. The minimum atomic E-state index is -3.49. The Kier molecular flexibility index (Phi) is 5.01. The van der Waals surface area contributed by atoms with E-state index in [0.29, 0.717) is 15.7 Å². The van der Waals surface area contributed by atoms with Crippen molar-refractivity contribution in [3.63, 3.8) is 0 Å². The Labute approximate surface area is 134 Å². The molecule has 1 aliphatic rings. The Bertz CT molecular complexity index is 625. The maximum Gasteiger partial charge on any atom is 0.232 e. The third-order valence-electron chi connectivity index (χ3n) is 3.10. The Morgan fingerprint density at radius 1 is 1.29 bits per heavy atom. The summed E-state index contributed by atoms with van der Waals surface area (Å²) in [7, 11) is -3.49. The molecule has 0 bridgehead atoms. The number of sulfonamides is 1. The first-order valence-corrected chi connectivity index (χ1v) is 9.09. The average Bonchev–Trinajstić information content (AvgIpc) is 3.15. The SMILES string of the molecule is CS(=O)(=O)N(CCNC(=O)C1CC1)c1cc(Cl)cc(Cl)c1. The normalized spacial score (nSPS) is 14.8. The van der Waals surface area contributed by atoms with E-state index in [2.05, 4.69) is 5.32 Å². The van der Waals surface area contributed by atoms with Crippen molar-refractivity contribution in [2.24, 2.45) is 5.92 Å². The van der Waals surface area contributed by atoms with E-state index in [9.17, 15) is 13.2 Å². The fraction of sp³-hybridized carbons (Fsp3) is 0.462. The minimum absolute atomic E-state index is 0.0208. The summed E-state index contributed by atoms with van der Waals surface area (Å²) in [6.45, 7) is 0.375. The number of benzene rings is 1. The lowest BCUT2D eigenvalue weighted by Crippen LogP contribution is -2.38. The molecule has 0 radical (unpaired) electrons. The number of carbonyl (C=O) groups excluding carboxylic acids is 1. The van der Waals surface area contributed by atoms with Crippen molar-refractivity contribution in [2.75, 3.05) is 23.7 Å². The standard InChI is InChI=1S/C13H16Cl2N2O3S/c1-21(19,20)17(5-4-16-13(18)9-2-3-9)12-7-10(14)6-11(15)8-12/h6-9H,2-5H2,1H3,(H,16,18). The molecule has 0 atom stereocenters. The monoisotopic (exact) mass is 350 g/mol. The summed E-state index contributed by atoms with van der Waals surface area (Å²) in [4.78, 5) is 11.6. The molecule has 0 spiro atoms. The van der Waals surface area contributed by atoms with Crippen LogP contribution in [0.5, 0.6) is 0 Å². The maximum absolute atomic E-state index is 11.9. The van der Waals surface area contributed by atoms with Gasteiger partial charge in [0.1, 0.15) is 0 Å². The van der Waals surface area contributed by atoms with E-state index in [1.165, 1.54) is 22.5 Å². The minimum Gasteiger partial charge on any atom is -0.354 e. The van der Waals surface area contributed by atoms with Gasteiger partial charge in [-0.05, 0) is 31.0 Å². The molecule has 5 nitrogen and oxygen atoms in total. The highest BCUT2D eigenvalue weighted by Gasteiger charge is 2.29. The summed E-state index contributed by atoms with van der Waals surface area (Å²) >= 11 is 11.8. The fourth-order valence-corrected chi connectivity index (χ4v) is 3.37. The second-order valence-corrected chi connectivity index (χ2v) is 7.81. The van der Waals surface area contributed by atoms with Gasteiger partial charge in [-0.3, -0.25) is 9.10 Å². The fourth-order valence-electron chi connectivity index (χ4n) is 1.94. The summed E-state index contributed by atoms with van der Waals surface area (Å²) in [5.74, 6) is 0.0740. The molecule has 1 aromatic rings. The summed E-state index contributed by atoms with van der Waals surface area (Å²) < 4.78 is 25.0. The van der Waals surface area contributed by atoms with Gasteiger partial charge in [0, 0.05) is 22.5 Å². The number of nitrogens with zero attached hydrogens (tertiary/aromatic N) is 1. The molecule has 8 heteroatoms. The second kappa shape index (κ2) is 6.42. The number of amides is 1. The average molecular weight is 351 g/mol. The molecule has 2 rings (SSSR count). The molecular weight excluding hydrogens is 335 g/mol. The summed E-state index contributed by atoms with van der Waals surface area (Å²) in [6, 6.07) is 4.58. The van der Waals surface area contributed by atoms with Crippen molar-refractivity contribution in [2.45, 2.75) is 12.8 Å². The number of carbonyl (C=O) groups is 1. The van der Waals surface area contributed by atoms with Gasteiger partial charge in [-0.1, -0.05) is 23.2 Å². The number of rotatable bonds is 6. The van der Waals surface area contributed by atoms with E-state index in [-0.39, 0.29) is 24.9 Å². The van der Waals surface area contributed by atoms with Crippen LogP contribution in [0.2, 0.25) is 10.0 Å². The van der Waals surface area contributed by atoms with Gasteiger partial charge in [0.15, 0.2) is 0 Å². The van der Waals surface area contributed by atoms with Crippen LogP contribution in [0.1, 0.15) is 12.8 Å². The van der Waals surface area contributed by atoms with E-state index in [1.807, 2.05) is 0 Å². The molecule has 1 N–H and O–H groups in total. The zero-order valence-corrected chi connectivity index (χ0v) is 13.8. The Morgan fingerprint density at radius 2 is 1.86 bits per heavy atom. The van der Waals surface area contributed by atoms with Crippen molar-refractivity contribution in [1.29, 1.82) is 0 Å². The van der Waals surface area contributed by atoms with Crippen molar-refractivity contribution in [3.05, 3.63) is 28.2 Å². The van der Waals surface area contributed by atoms with Gasteiger partial charge < -0.3 is 5.32 Å². The molecule has 21 heavy (non-hydrogen) atoms. The highest BCUT2D eigenvalue weighted by atomic mass is 35.5. The molecule has 0 heterocycles. The van der Waals surface area contributed by atoms with Crippen molar-refractivity contribution < 1.29 is 13.2 Å². The van der Waals surface area contributed by atoms with Crippen LogP contribution < -0.4 is 9.62 Å². The van der Waals surface area contributed by atoms with Crippen LogP contribution in [0.3, 0.4) is 0 Å². The molecule has 1 fully saturated rings. The van der Waals surface area contributed by atoms with E-state index < -0.39 is 10.0 Å². The first-order chi connectivity index (χ1) is 9.77. The number of anilines is 1. The smallest absolute Gasteiger partial charge is 0.232 e. The largest absolute Gasteiger partial charge is 0.354 e. The predicted molar refractivity (Wildman–Crippen MR) is 84.4 cm³/mol. The van der Waals surface area contributed by atoms with Crippen LogP contribution in [0.4, 0.5) is 5.69 Å². The highest BCUT2D eigenvalue weighted by Crippen LogP contribution is 2.29. The molecule has 1 aromatic carbocycles. The molecule has 0 aromatic heterocycles. The van der Waals surface area contributed by atoms with E-state index >= 15 is 0 Å². The van der Waals surface area contributed by atoms with Crippen LogP contribution in [0, 0.1) is 5.92 Å². The molecule has 1 amide bonds. The van der Waals surface area contributed by atoms with Crippen molar-refractivity contribution >= 4 is 44.8 Å². The topological polar surface area (TPSA) is 66.5 Å². The van der Waals surface area contributed by atoms with E-state index in [0.717, 1.165) is 19.1 Å². The molecule has 0 aliphatic heterocycles. The molecule has 116 valence electrons. The summed E-state index contributed by atoms with van der Waals surface area (Å²) in [5, 5.41) is 3.44.